The van der Waals surface area contributed by atoms with Gasteiger partial charge in [-0.2, -0.15) is 13.2 Å². The number of ether oxygens (including phenoxy) is 2. The second-order valence-corrected chi connectivity index (χ2v) is 33.4. The third kappa shape index (κ3) is 11.5. The first kappa shape index (κ1) is 60.2. The number of esters is 2. The van der Waals surface area contributed by atoms with Gasteiger partial charge in [-0.3, -0.25) is 9.59 Å². The fraction of sp³-hybridized carbons (Fsp3) is 0.683. The first-order chi connectivity index (χ1) is 36.5. The molecular weight excluding hydrogens is 1030 g/mol. The number of aliphatic hydroxyl groups excluding tert-OH is 2. The third-order valence-electron chi connectivity index (χ3n) is 22.5. The molecule has 2 N–H and O–H groups in total. The van der Waals surface area contributed by atoms with Crippen LogP contribution in [-0.2, 0) is 38.5 Å². The van der Waals surface area contributed by atoms with Crippen molar-refractivity contribution in [1.82, 2.24) is 0 Å². The number of hydrogen-bond donors (Lipinski definition) is 2. The van der Waals surface area contributed by atoms with Crippen molar-refractivity contribution in [3.8, 4) is 0 Å². The number of rotatable bonds is 10. The zero-order valence-electron chi connectivity index (χ0n) is 47.3. The van der Waals surface area contributed by atoms with Crippen molar-refractivity contribution in [3.05, 3.63) is 84.3 Å². The Balaban J connectivity index is 0.000000171. The number of fused-ring (bicyclic) bond motifs is 10. The Kier molecular flexibility index (Phi) is 17.6. The minimum Gasteiger partial charge on any atom is -0.459 e. The third-order valence-corrected chi connectivity index (χ3v) is 28.1. The number of sulfone groups is 1. The van der Waals surface area contributed by atoms with Crippen molar-refractivity contribution in [2.75, 3.05) is 0 Å². The second-order valence-electron chi connectivity index (χ2n) is 26.6. The molecule has 78 heavy (non-hydrogen) atoms. The van der Waals surface area contributed by atoms with Crippen LogP contribution in [0.5, 0.6) is 0 Å². The number of benzene rings is 2. The molecule has 8 aliphatic rings. The van der Waals surface area contributed by atoms with Crippen molar-refractivity contribution in [1.29, 1.82) is 0 Å². The van der Waals surface area contributed by atoms with E-state index in [0.29, 0.717) is 65.3 Å². The van der Waals surface area contributed by atoms with E-state index in [1.54, 1.807) is 18.2 Å². The van der Waals surface area contributed by atoms with Gasteiger partial charge in [0.2, 0.25) is 9.84 Å². The van der Waals surface area contributed by atoms with Crippen molar-refractivity contribution in [3.63, 3.8) is 0 Å². The van der Waals surface area contributed by atoms with E-state index in [9.17, 15) is 51.0 Å². The topological polar surface area (TPSA) is 161 Å². The number of halogens is 3. The predicted molar refractivity (Wildman–Crippen MR) is 297 cm³/mol. The summed E-state index contributed by atoms with van der Waals surface area (Å²) >= 11 is 0. The van der Waals surface area contributed by atoms with Crippen LogP contribution in [0, 0.1) is 69.0 Å². The number of aliphatic hydroxyl groups is 2. The van der Waals surface area contributed by atoms with Crippen LogP contribution in [0.15, 0.2) is 89.2 Å². The van der Waals surface area contributed by atoms with E-state index >= 15 is 0 Å². The van der Waals surface area contributed by atoms with Gasteiger partial charge < -0.3 is 19.7 Å². The van der Waals surface area contributed by atoms with Gasteiger partial charge in [-0.25, -0.2) is 18.0 Å². The molecule has 0 amide bonds. The molecule has 0 aromatic heterocycles. The summed E-state index contributed by atoms with van der Waals surface area (Å²) in [5.41, 5.74) is -0.418. The molecule has 0 saturated heterocycles. The van der Waals surface area contributed by atoms with Gasteiger partial charge in [-0.05, 0) is 180 Å². The van der Waals surface area contributed by atoms with E-state index < -0.39 is 53.5 Å². The Hall–Kier alpha value is -3.92. The lowest BCUT2D eigenvalue weighted by Gasteiger charge is -2.60. The van der Waals surface area contributed by atoms with E-state index in [-0.39, 0.29) is 50.1 Å². The Morgan fingerprint density at radius 1 is 0.654 bits per heavy atom. The number of ketones is 2. The molecule has 0 bridgehead atoms. The van der Waals surface area contributed by atoms with Crippen LogP contribution in [0.3, 0.4) is 0 Å². The van der Waals surface area contributed by atoms with Crippen molar-refractivity contribution >= 4 is 46.6 Å². The summed E-state index contributed by atoms with van der Waals surface area (Å²) in [6.45, 7) is 22.4. The summed E-state index contributed by atoms with van der Waals surface area (Å²) < 4.78 is 74.5. The van der Waals surface area contributed by atoms with Crippen LogP contribution in [0.2, 0.25) is 13.1 Å². The maximum atomic E-state index is 12.8. The molecule has 10 nitrogen and oxygen atoms in total. The van der Waals surface area contributed by atoms with Crippen molar-refractivity contribution in [2.24, 2.45) is 69.0 Å². The molecule has 10 rings (SSSR count). The number of hydrogen-bond acceptors (Lipinski definition) is 10. The van der Waals surface area contributed by atoms with E-state index in [4.69, 9.17) is 9.47 Å². The Bertz CT molecular complexity index is 2680. The summed E-state index contributed by atoms with van der Waals surface area (Å²) in [4.78, 5) is 49.8. The van der Waals surface area contributed by atoms with Gasteiger partial charge in [0.1, 0.15) is 36.8 Å². The zero-order valence-corrected chi connectivity index (χ0v) is 49.1. The highest BCUT2D eigenvalue weighted by Crippen LogP contribution is 2.67. The first-order valence-corrected chi connectivity index (χ1v) is 33.7. The highest BCUT2D eigenvalue weighted by molar-refractivity contribution is 7.96. The van der Waals surface area contributed by atoms with Crippen LogP contribution in [0.1, 0.15) is 157 Å². The van der Waals surface area contributed by atoms with Gasteiger partial charge in [0.25, 0.3) is 0 Å². The molecule has 16 atom stereocenters. The molecule has 0 heterocycles. The summed E-state index contributed by atoms with van der Waals surface area (Å²) in [5.74, 6) is 3.56. The lowest BCUT2D eigenvalue weighted by Crippen LogP contribution is -2.54. The van der Waals surface area contributed by atoms with Crippen LogP contribution in [0.25, 0.3) is 0 Å². The molecule has 2 aromatic rings. The molecule has 0 radical (unpaired) electrons. The smallest absolute Gasteiger partial charge is 0.414 e. The Morgan fingerprint density at radius 2 is 1.09 bits per heavy atom. The first-order valence-electron chi connectivity index (χ1n) is 29.1. The summed E-state index contributed by atoms with van der Waals surface area (Å²) in [6.07, 6.45) is 8.10. The maximum absolute atomic E-state index is 12.8. The molecule has 2 unspecified atom stereocenters. The average molecular weight is 1120 g/mol. The fourth-order valence-corrected chi connectivity index (χ4v) is 19.6. The monoisotopic (exact) mass is 1120 g/mol. The van der Waals surface area contributed by atoms with Crippen molar-refractivity contribution < 1.29 is 60.5 Å². The van der Waals surface area contributed by atoms with Gasteiger partial charge in [0, 0.05) is 41.4 Å². The van der Waals surface area contributed by atoms with Gasteiger partial charge in [0.05, 0.1) is 4.90 Å². The zero-order chi connectivity index (χ0) is 57.0. The summed E-state index contributed by atoms with van der Waals surface area (Å²) in [7, 11) is -5.56. The molecular formula is C63H87F3O10SSi. The lowest BCUT2D eigenvalue weighted by molar-refractivity contribution is -0.203. The molecule has 8 saturated carbocycles. The largest absolute Gasteiger partial charge is 0.459 e. The fourth-order valence-electron chi connectivity index (χ4n) is 17.0. The second kappa shape index (κ2) is 22.8. The molecule has 8 aliphatic carbocycles. The maximum Gasteiger partial charge on any atom is 0.414 e. The number of carbonyl (C=O) groups excluding carboxylic acids is 4. The predicted octanol–water partition coefficient (Wildman–Crippen LogP) is 12.4. The lowest BCUT2D eigenvalue weighted by atomic mass is 9.45. The highest BCUT2D eigenvalue weighted by Gasteiger charge is 2.62. The standard InChI is InChI=1S/C28H36O5S.C25H35F3O4.C10H16OSi/c1-18(34(31,32)21-7-5-4-6-8-21)26(30)33-20-13-15-27(2)19(17-20)9-10-22-23-11-12-25(29)28(23,3)16-14-24(22)27;1-14(12-21(30)25(26,27)28)22(31)32-16-8-10-23(2)15(13-16)4-5-17-18-6-7-20(29)24(18,3)11-9-19(17)23;1-9(11)12(2,3)10-7-5-4-6-8-10/h4-8,19-20,22-24H,1,9-17H2,2-3H3;15-19,21,30H,1,4-13H2,2-3H3;4-9,11H,1-3H3/t19-,20-,22-,23-,24-,27-,28-;15-,16-,17-,18-,19-,21?,23-,24-;/m00./s1. The van der Waals surface area contributed by atoms with E-state index in [1.165, 1.54) is 17.3 Å². The Morgan fingerprint density at radius 3 is 1.53 bits per heavy atom. The van der Waals surface area contributed by atoms with Crippen LogP contribution < -0.4 is 5.19 Å². The van der Waals surface area contributed by atoms with Gasteiger partial charge in [0.15, 0.2) is 6.10 Å². The van der Waals surface area contributed by atoms with Crippen molar-refractivity contribution in [2.45, 2.75) is 205 Å². The number of Topliss-reactive ketones (excluding diaryl/α,β-unsaturated/α-hetero) is 2. The van der Waals surface area contributed by atoms with E-state index in [0.717, 1.165) is 109 Å². The van der Waals surface area contributed by atoms with Crippen LogP contribution in [-0.4, -0.2) is 80.4 Å². The Labute approximate surface area is 463 Å². The molecule has 15 heteroatoms. The molecule has 8 fully saturated rings. The van der Waals surface area contributed by atoms with Gasteiger partial charge >= 0.3 is 18.1 Å². The van der Waals surface area contributed by atoms with Crippen LogP contribution >= 0.6 is 0 Å². The molecule has 0 aliphatic heterocycles. The van der Waals surface area contributed by atoms with Gasteiger partial charge in [-0.15, -0.1) is 0 Å². The summed E-state index contributed by atoms with van der Waals surface area (Å²) in [6, 6.07) is 18.2. The molecule has 0 spiro atoms. The van der Waals surface area contributed by atoms with Gasteiger partial charge in [-0.1, -0.05) is 108 Å². The quantitative estimate of drug-likeness (QED) is 0.133. The molecule has 430 valence electrons. The number of carbonyl (C=O) groups is 4. The normalized spacial score (nSPS) is 36.8. The minimum absolute atomic E-state index is 0.0567. The average Bonchev–Trinajstić information content (AvgIpc) is 4.08. The molecule has 2 aromatic carbocycles. The van der Waals surface area contributed by atoms with E-state index in [2.05, 4.69) is 66.1 Å². The van der Waals surface area contributed by atoms with Crippen LogP contribution in [0.4, 0.5) is 13.2 Å². The van der Waals surface area contributed by atoms with E-state index in [1.807, 2.05) is 25.1 Å². The highest BCUT2D eigenvalue weighted by atomic mass is 32.2. The number of alkyl halides is 3. The summed E-state index contributed by atoms with van der Waals surface area (Å²) in [5, 5.41) is 20.1. The minimum atomic E-state index is -4.78. The SMILES string of the molecule is C=C(C(=O)O[C@H]1CC[C@@]2(C)[C@@H](CC[C@@H]3[C@@H]2CC[C@]2(C)C(=O)CC[C@@H]32)C1)S(=O)(=O)c1ccccc1.C=C(CC(O)C(F)(F)F)C(=O)O[C@H]1CC[C@@]2(C)[C@@H](CC[C@@H]3[C@@H]2CC[C@]2(C)C(=O)CC[C@@H]32)C1.CC(O)[Si](C)(C)c1ccccc1.